The molecule has 10 heavy (non-hydrogen) atoms. The SMILES string of the molecule is O=[C]c1sccc1C(=O)O. The van der Waals surface area contributed by atoms with Gasteiger partial charge in [0.2, 0.25) is 6.29 Å². The zero-order valence-electron chi connectivity index (χ0n) is 4.83. The summed E-state index contributed by atoms with van der Waals surface area (Å²) in [5.41, 5.74) is 0.0278. The van der Waals surface area contributed by atoms with Gasteiger partial charge in [-0.2, -0.15) is 0 Å². The molecule has 1 heterocycles. The van der Waals surface area contributed by atoms with Crippen molar-refractivity contribution < 1.29 is 14.7 Å². The largest absolute Gasteiger partial charge is 0.478 e. The van der Waals surface area contributed by atoms with Crippen LogP contribution in [0.3, 0.4) is 0 Å². The molecule has 4 heteroatoms. The highest BCUT2D eigenvalue weighted by atomic mass is 32.1. The molecule has 0 saturated carbocycles. The minimum Gasteiger partial charge on any atom is -0.478 e. The molecule has 0 atom stereocenters. The molecular formula is C6H3O3S. The minimum absolute atomic E-state index is 0.0278. The first-order chi connectivity index (χ1) is 4.75. The number of aromatic carboxylic acids is 1. The highest BCUT2D eigenvalue weighted by Crippen LogP contribution is 2.13. The molecule has 1 rings (SSSR count). The maximum absolute atomic E-state index is 10.3. The summed E-state index contributed by atoms with van der Waals surface area (Å²) in [6.07, 6.45) is 1.54. The van der Waals surface area contributed by atoms with Gasteiger partial charge in [-0.15, -0.1) is 11.3 Å². The van der Waals surface area contributed by atoms with E-state index in [0.29, 0.717) is 0 Å². The van der Waals surface area contributed by atoms with Crippen LogP contribution in [0.1, 0.15) is 15.2 Å². The van der Waals surface area contributed by atoms with Crippen LogP contribution in [0, 0.1) is 0 Å². The number of carbonyl (C=O) groups excluding carboxylic acids is 1. The van der Waals surface area contributed by atoms with Crippen molar-refractivity contribution in [2.45, 2.75) is 0 Å². The molecule has 0 bridgehead atoms. The lowest BCUT2D eigenvalue weighted by Crippen LogP contribution is -1.96. The average molecular weight is 155 g/mol. The topological polar surface area (TPSA) is 54.4 Å². The molecule has 1 aromatic rings. The molecule has 0 fully saturated rings. The Morgan fingerprint density at radius 2 is 2.40 bits per heavy atom. The summed E-state index contributed by atoms with van der Waals surface area (Å²) >= 11 is 1.07. The molecule has 0 aromatic carbocycles. The Labute approximate surface area is 60.9 Å². The molecule has 0 aliphatic heterocycles. The van der Waals surface area contributed by atoms with Crippen LogP contribution in [0.5, 0.6) is 0 Å². The zero-order valence-corrected chi connectivity index (χ0v) is 5.64. The second-order valence-electron chi connectivity index (χ2n) is 1.57. The number of thiophene rings is 1. The number of hydrogen-bond donors (Lipinski definition) is 1. The predicted molar refractivity (Wildman–Crippen MR) is 36.1 cm³/mol. The Balaban J connectivity index is 3.13. The van der Waals surface area contributed by atoms with Gasteiger partial charge in [-0.3, -0.25) is 4.79 Å². The van der Waals surface area contributed by atoms with Crippen molar-refractivity contribution in [3.63, 3.8) is 0 Å². The Kier molecular flexibility index (Phi) is 1.82. The maximum Gasteiger partial charge on any atom is 0.337 e. The van der Waals surface area contributed by atoms with Crippen molar-refractivity contribution >= 4 is 23.6 Å². The van der Waals surface area contributed by atoms with E-state index >= 15 is 0 Å². The van der Waals surface area contributed by atoms with Crippen LogP contribution >= 0.6 is 11.3 Å². The number of carboxylic acids is 1. The third-order valence-corrected chi connectivity index (χ3v) is 1.80. The monoisotopic (exact) mass is 155 g/mol. The summed E-state index contributed by atoms with van der Waals surface area (Å²) in [6.45, 7) is 0. The minimum atomic E-state index is -1.08. The molecule has 0 unspecified atom stereocenters. The Hall–Kier alpha value is -1.16. The van der Waals surface area contributed by atoms with E-state index in [-0.39, 0.29) is 10.4 Å². The van der Waals surface area contributed by atoms with Crippen molar-refractivity contribution in [1.82, 2.24) is 0 Å². The van der Waals surface area contributed by atoms with E-state index in [9.17, 15) is 9.59 Å². The number of hydrogen-bond acceptors (Lipinski definition) is 3. The lowest BCUT2D eigenvalue weighted by Gasteiger charge is -1.84. The van der Waals surface area contributed by atoms with Crippen LogP contribution in [0.2, 0.25) is 0 Å². The third-order valence-electron chi connectivity index (χ3n) is 0.988. The van der Waals surface area contributed by atoms with E-state index in [1.165, 1.54) is 6.07 Å². The van der Waals surface area contributed by atoms with Gasteiger partial charge in [-0.05, 0) is 11.4 Å². The van der Waals surface area contributed by atoms with Gasteiger partial charge in [0.05, 0.1) is 10.4 Å². The third kappa shape index (κ3) is 1.06. The molecule has 51 valence electrons. The first kappa shape index (κ1) is 6.95. The van der Waals surface area contributed by atoms with Gasteiger partial charge in [0, 0.05) is 0 Å². The van der Waals surface area contributed by atoms with Crippen molar-refractivity contribution in [1.29, 1.82) is 0 Å². The van der Waals surface area contributed by atoms with Gasteiger partial charge >= 0.3 is 5.97 Å². The second kappa shape index (κ2) is 2.62. The normalized spacial score (nSPS) is 9.20. The van der Waals surface area contributed by atoms with Crippen LogP contribution in [0.25, 0.3) is 0 Å². The van der Waals surface area contributed by atoms with Crippen molar-refractivity contribution in [2.24, 2.45) is 0 Å². The van der Waals surface area contributed by atoms with Gasteiger partial charge in [-0.1, -0.05) is 0 Å². The summed E-state index contributed by atoms with van der Waals surface area (Å²) < 4.78 is 0. The summed E-state index contributed by atoms with van der Waals surface area (Å²) in [4.78, 5) is 20.4. The van der Waals surface area contributed by atoms with E-state index in [1.54, 1.807) is 11.7 Å². The Morgan fingerprint density at radius 3 is 2.80 bits per heavy atom. The maximum atomic E-state index is 10.3. The van der Waals surface area contributed by atoms with Crippen LogP contribution in [0.15, 0.2) is 11.4 Å². The van der Waals surface area contributed by atoms with E-state index < -0.39 is 5.97 Å². The summed E-state index contributed by atoms with van der Waals surface area (Å²) in [5.74, 6) is -1.08. The van der Waals surface area contributed by atoms with Gasteiger partial charge in [0.25, 0.3) is 0 Å². The molecule has 0 saturated heterocycles. The summed E-state index contributed by atoms with van der Waals surface area (Å²) in [7, 11) is 0. The Morgan fingerprint density at radius 1 is 1.70 bits per heavy atom. The van der Waals surface area contributed by atoms with Crippen LogP contribution in [-0.4, -0.2) is 17.4 Å². The highest BCUT2D eigenvalue weighted by Gasteiger charge is 2.09. The smallest absolute Gasteiger partial charge is 0.337 e. The molecule has 1 aromatic heterocycles. The quantitative estimate of drug-likeness (QED) is 0.690. The van der Waals surface area contributed by atoms with E-state index in [4.69, 9.17) is 5.11 Å². The first-order valence-electron chi connectivity index (χ1n) is 2.44. The molecule has 1 radical (unpaired) electrons. The molecule has 0 aliphatic rings. The first-order valence-corrected chi connectivity index (χ1v) is 3.32. The summed E-state index contributed by atoms with van der Waals surface area (Å²) in [5, 5.41) is 9.96. The molecule has 0 amide bonds. The van der Waals surface area contributed by atoms with Crippen molar-refractivity contribution in [2.75, 3.05) is 0 Å². The van der Waals surface area contributed by atoms with E-state index in [1.807, 2.05) is 0 Å². The molecule has 0 spiro atoms. The fraction of sp³-hybridized carbons (Fsp3) is 0. The molecule has 3 nitrogen and oxygen atoms in total. The predicted octanol–water partition coefficient (Wildman–Crippen LogP) is 0.904. The number of carbonyl (C=O) groups is 1. The van der Waals surface area contributed by atoms with Crippen LogP contribution < -0.4 is 0 Å². The molecule has 0 aliphatic carbocycles. The van der Waals surface area contributed by atoms with E-state index in [2.05, 4.69) is 0 Å². The van der Waals surface area contributed by atoms with Crippen LogP contribution in [0.4, 0.5) is 0 Å². The molecule has 1 N–H and O–H groups in total. The van der Waals surface area contributed by atoms with Crippen molar-refractivity contribution in [3.05, 3.63) is 21.9 Å². The zero-order chi connectivity index (χ0) is 7.56. The average Bonchev–Trinajstić information content (AvgIpc) is 2.33. The Bertz CT molecular complexity index is 264. The van der Waals surface area contributed by atoms with Gasteiger partial charge in [0.1, 0.15) is 0 Å². The van der Waals surface area contributed by atoms with Gasteiger partial charge in [0.15, 0.2) is 0 Å². The number of rotatable bonds is 2. The highest BCUT2D eigenvalue weighted by molar-refractivity contribution is 7.12. The molecular weight excluding hydrogens is 152 g/mol. The van der Waals surface area contributed by atoms with Crippen molar-refractivity contribution in [3.8, 4) is 0 Å². The van der Waals surface area contributed by atoms with Gasteiger partial charge in [-0.25, -0.2) is 4.79 Å². The number of carboxylic acid groups (broad SMARTS) is 1. The summed E-state index contributed by atoms with van der Waals surface area (Å²) in [6, 6.07) is 1.38. The fourth-order valence-electron chi connectivity index (χ4n) is 0.557. The lowest BCUT2D eigenvalue weighted by atomic mass is 10.3. The second-order valence-corrected chi connectivity index (χ2v) is 2.49. The van der Waals surface area contributed by atoms with E-state index in [0.717, 1.165) is 11.3 Å². The lowest BCUT2D eigenvalue weighted by molar-refractivity contribution is 0.0697. The fourth-order valence-corrected chi connectivity index (χ4v) is 1.23. The van der Waals surface area contributed by atoms with Crippen LogP contribution in [-0.2, 0) is 4.79 Å². The van der Waals surface area contributed by atoms with Gasteiger partial charge < -0.3 is 5.11 Å². The standard InChI is InChI=1S/C6H3O3S/c7-3-5-4(6(8)9)1-2-10-5/h1-2H,(H,8,9).